The van der Waals surface area contributed by atoms with Gasteiger partial charge in [0.25, 0.3) is 0 Å². The number of nitrogens with two attached hydrogens (primary N) is 1. The van der Waals surface area contributed by atoms with Crippen LogP contribution in [-0.4, -0.2) is 4.98 Å². The van der Waals surface area contributed by atoms with Gasteiger partial charge in [0.1, 0.15) is 5.82 Å². The maximum absolute atomic E-state index is 12.9. The van der Waals surface area contributed by atoms with Crippen molar-refractivity contribution >= 4 is 17.4 Å². The highest BCUT2D eigenvalue weighted by Crippen LogP contribution is 2.25. The molecule has 0 amide bonds. The topological polar surface area (TPSA) is 38.9 Å². The molecule has 2 nitrogen and oxygen atoms in total. The summed E-state index contributed by atoms with van der Waals surface area (Å²) >= 11 is 1.64. The van der Waals surface area contributed by atoms with Crippen LogP contribution in [0.3, 0.4) is 0 Å². The van der Waals surface area contributed by atoms with E-state index in [0.717, 1.165) is 21.7 Å². The number of nitrogens with zero attached hydrogens (tertiary/aromatic N) is 1. The molecule has 0 unspecified atom stereocenters. The standard InChI is InChI=1S/C13H13FN2S/c1-9-4-12(2-3-13(9)15)17-8-10-5-11(14)7-16-6-10/h2-7H,8,15H2,1H3. The third-order valence-corrected chi connectivity index (χ3v) is 3.47. The van der Waals surface area contributed by atoms with E-state index in [1.807, 2.05) is 25.1 Å². The molecule has 0 fully saturated rings. The van der Waals surface area contributed by atoms with Crippen LogP contribution in [0.15, 0.2) is 41.6 Å². The molecule has 0 aliphatic heterocycles. The lowest BCUT2D eigenvalue weighted by Crippen LogP contribution is -1.89. The van der Waals surface area contributed by atoms with Crippen LogP contribution in [0.2, 0.25) is 0 Å². The van der Waals surface area contributed by atoms with Gasteiger partial charge in [-0.2, -0.15) is 0 Å². The number of hydrogen-bond donors (Lipinski definition) is 1. The molecule has 1 aromatic heterocycles. The molecule has 2 rings (SSSR count). The van der Waals surface area contributed by atoms with E-state index in [-0.39, 0.29) is 5.82 Å². The Labute approximate surface area is 104 Å². The fourth-order valence-electron chi connectivity index (χ4n) is 1.44. The first kappa shape index (κ1) is 11.9. The van der Waals surface area contributed by atoms with Crippen LogP contribution in [0, 0.1) is 12.7 Å². The molecule has 1 aromatic carbocycles. The summed E-state index contributed by atoms with van der Waals surface area (Å²) in [6.45, 7) is 1.98. The van der Waals surface area contributed by atoms with Gasteiger partial charge in [0.15, 0.2) is 0 Å². The number of hydrogen-bond acceptors (Lipinski definition) is 3. The van der Waals surface area contributed by atoms with Gasteiger partial charge in [-0.05, 0) is 42.3 Å². The van der Waals surface area contributed by atoms with Gasteiger partial charge in [-0.1, -0.05) is 0 Å². The Morgan fingerprint density at radius 2 is 2.12 bits per heavy atom. The number of halogens is 1. The van der Waals surface area contributed by atoms with E-state index < -0.39 is 0 Å². The molecule has 0 aliphatic rings. The third kappa shape index (κ3) is 3.20. The first-order chi connectivity index (χ1) is 8.15. The lowest BCUT2D eigenvalue weighted by molar-refractivity contribution is 0.619. The van der Waals surface area contributed by atoms with Crippen LogP contribution in [0.5, 0.6) is 0 Å². The van der Waals surface area contributed by atoms with E-state index in [4.69, 9.17) is 5.73 Å². The van der Waals surface area contributed by atoms with Crippen LogP contribution < -0.4 is 5.73 Å². The molecule has 0 atom stereocenters. The van der Waals surface area contributed by atoms with Crippen LogP contribution in [0.25, 0.3) is 0 Å². The Kier molecular flexibility index (Phi) is 3.64. The van der Waals surface area contributed by atoms with E-state index in [1.54, 1.807) is 18.0 Å². The second kappa shape index (κ2) is 5.19. The van der Waals surface area contributed by atoms with Crippen LogP contribution in [-0.2, 0) is 5.75 Å². The second-order valence-corrected chi connectivity index (χ2v) is 4.87. The van der Waals surface area contributed by atoms with Crippen molar-refractivity contribution in [1.29, 1.82) is 0 Å². The smallest absolute Gasteiger partial charge is 0.141 e. The van der Waals surface area contributed by atoms with Crippen molar-refractivity contribution < 1.29 is 4.39 Å². The fourth-order valence-corrected chi connectivity index (χ4v) is 2.36. The number of anilines is 1. The maximum atomic E-state index is 12.9. The SMILES string of the molecule is Cc1cc(SCc2cncc(F)c2)ccc1N. The number of thioether (sulfide) groups is 1. The lowest BCUT2D eigenvalue weighted by atomic mass is 10.2. The Morgan fingerprint density at radius 3 is 2.82 bits per heavy atom. The molecular formula is C13H13FN2S. The molecule has 88 valence electrons. The highest BCUT2D eigenvalue weighted by Gasteiger charge is 2.00. The van der Waals surface area contributed by atoms with E-state index in [0.29, 0.717) is 5.75 Å². The minimum absolute atomic E-state index is 0.295. The first-order valence-corrected chi connectivity index (χ1v) is 6.22. The van der Waals surface area contributed by atoms with Crippen molar-refractivity contribution in [1.82, 2.24) is 4.98 Å². The fraction of sp³-hybridized carbons (Fsp3) is 0.154. The van der Waals surface area contributed by atoms with Gasteiger partial charge in [0.2, 0.25) is 0 Å². The Hall–Kier alpha value is -1.55. The first-order valence-electron chi connectivity index (χ1n) is 5.23. The Morgan fingerprint density at radius 1 is 1.29 bits per heavy atom. The molecule has 2 N–H and O–H groups in total. The Balaban J connectivity index is 2.05. The van der Waals surface area contributed by atoms with E-state index >= 15 is 0 Å². The largest absolute Gasteiger partial charge is 0.399 e. The van der Waals surface area contributed by atoms with E-state index in [9.17, 15) is 4.39 Å². The zero-order chi connectivity index (χ0) is 12.3. The average Bonchev–Trinajstić information content (AvgIpc) is 2.31. The molecule has 0 bridgehead atoms. The summed E-state index contributed by atoms with van der Waals surface area (Å²) < 4.78 is 12.9. The molecule has 17 heavy (non-hydrogen) atoms. The van der Waals surface area contributed by atoms with Crippen molar-refractivity contribution in [3.8, 4) is 0 Å². The summed E-state index contributed by atoms with van der Waals surface area (Å²) in [7, 11) is 0. The summed E-state index contributed by atoms with van der Waals surface area (Å²) in [5, 5.41) is 0. The predicted octanol–water partition coefficient (Wildman–Crippen LogP) is 3.40. The van der Waals surface area contributed by atoms with E-state index in [1.165, 1.54) is 12.3 Å². The average molecular weight is 248 g/mol. The van der Waals surface area contributed by atoms with Crippen molar-refractivity contribution in [2.24, 2.45) is 0 Å². The second-order valence-electron chi connectivity index (χ2n) is 3.82. The van der Waals surface area contributed by atoms with Crippen LogP contribution in [0.4, 0.5) is 10.1 Å². The number of nitrogen functional groups attached to an aromatic ring is 1. The van der Waals surface area contributed by atoms with Gasteiger partial charge >= 0.3 is 0 Å². The van der Waals surface area contributed by atoms with Gasteiger partial charge < -0.3 is 5.73 Å². The molecule has 0 spiro atoms. The highest BCUT2D eigenvalue weighted by atomic mass is 32.2. The van der Waals surface area contributed by atoms with Crippen LogP contribution >= 0.6 is 11.8 Å². The molecule has 2 aromatic rings. The number of aryl methyl sites for hydroxylation is 1. The molecule has 1 heterocycles. The molecule has 4 heteroatoms. The summed E-state index contributed by atoms with van der Waals surface area (Å²) in [5.74, 6) is 0.408. The Bertz CT molecular complexity index is 529. The number of benzene rings is 1. The zero-order valence-corrected chi connectivity index (χ0v) is 10.3. The van der Waals surface area contributed by atoms with Gasteiger partial charge in [0.05, 0.1) is 6.20 Å². The number of rotatable bonds is 3. The minimum atomic E-state index is -0.295. The summed E-state index contributed by atoms with van der Waals surface area (Å²) in [5.41, 5.74) is 8.48. The van der Waals surface area contributed by atoms with E-state index in [2.05, 4.69) is 4.98 Å². The quantitative estimate of drug-likeness (QED) is 0.668. The highest BCUT2D eigenvalue weighted by molar-refractivity contribution is 7.98. The summed E-state index contributed by atoms with van der Waals surface area (Å²) in [6.07, 6.45) is 2.89. The molecule has 0 saturated carbocycles. The van der Waals surface area contributed by atoms with Gasteiger partial charge in [-0.15, -0.1) is 11.8 Å². The number of aromatic nitrogens is 1. The van der Waals surface area contributed by atoms with Crippen molar-refractivity contribution in [3.63, 3.8) is 0 Å². The van der Waals surface area contributed by atoms with Crippen molar-refractivity contribution in [3.05, 3.63) is 53.6 Å². The third-order valence-electron chi connectivity index (χ3n) is 2.41. The summed E-state index contributed by atoms with van der Waals surface area (Å²) in [4.78, 5) is 4.95. The normalized spacial score (nSPS) is 10.5. The van der Waals surface area contributed by atoms with Gasteiger partial charge in [-0.25, -0.2) is 4.39 Å². The zero-order valence-electron chi connectivity index (χ0n) is 9.48. The van der Waals surface area contributed by atoms with Gasteiger partial charge in [0, 0.05) is 22.5 Å². The van der Waals surface area contributed by atoms with Gasteiger partial charge in [-0.3, -0.25) is 4.98 Å². The number of pyridine rings is 1. The molecule has 0 saturated heterocycles. The molecule has 0 aliphatic carbocycles. The maximum Gasteiger partial charge on any atom is 0.141 e. The summed E-state index contributed by atoms with van der Waals surface area (Å²) in [6, 6.07) is 7.40. The lowest BCUT2D eigenvalue weighted by Gasteiger charge is -2.05. The van der Waals surface area contributed by atoms with Crippen molar-refractivity contribution in [2.45, 2.75) is 17.6 Å². The minimum Gasteiger partial charge on any atom is -0.399 e. The van der Waals surface area contributed by atoms with Crippen LogP contribution in [0.1, 0.15) is 11.1 Å². The molecule has 0 radical (unpaired) electrons. The molecular weight excluding hydrogens is 235 g/mol. The predicted molar refractivity (Wildman–Crippen MR) is 69.3 cm³/mol. The van der Waals surface area contributed by atoms with Crippen molar-refractivity contribution in [2.75, 3.05) is 5.73 Å². The monoisotopic (exact) mass is 248 g/mol.